The zero-order valence-corrected chi connectivity index (χ0v) is 8.29. The van der Waals surface area contributed by atoms with Crippen LogP contribution in [-0.4, -0.2) is 24.5 Å². The lowest BCUT2D eigenvalue weighted by Gasteiger charge is -2.07. The summed E-state index contributed by atoms with van der Waals surface area (Å²) in [6.07, 6.45) is 3.37. The van der Waals surface area contributed by atoms with Gasteiger partial charge in [-0.1, -0.05) is 6.07 Å². The smallest absolute Gasteiger partial charge is 0.207 e. The molecule has 0 aliphatic carbocycles. The molecule has 1 amide bonds. The highest BCUT2D eigenvalue weighted by atomic mass is 16.1. The second-order valence-corrected chi connectivity index (χ2v) is 3.02. The number of nitrogens with one attached hydrogen (secondary N) is 2. The van der Waals surface area contributed by atoms with Crippen molar-refractivity contribution >= 4 is 12.2 Å². The fourth-order valence-corrected chi connectivity index (χ4v) is 1.13. The number of nitrogens with zero attached hydrogens (tertiary/aromatic N) is 1. The lowest BCUT2D eigenvalue weighted by molar-refractivity contribution is -0.109. The van der Waals surface area contributed by atoms with Crippen LogP contribution in [0.1, 0.15) is 12.0 Å². The number of hydrogen-bond acceptors (Lipinski definition) is 3. The van der Waals surface area contributed by atoms with E-state index >= 15 is 0 Å². The van der Waals surface area contributed by atoms with E-state index in [-0.39, 0.29) is 0 Å². The minimum Gasteiger partial charge on any atom is -0.370 e. The molecule has 1 rings (SSSR count). The Morgan fingerprint density at radius 2 is 2.36 bits per heavy atom. The van der Waals surface area contributed by atoms with Crippen LogP contribution in [-0.2, 0) is 4.79 Å². The van der Waals surface area contributed by atoms with Crippen LogP contribution in [0.4, 0.5) is 5.82 Å². The van der Waals surface area contributed by atoms with Gasteiger partial charge in [-0.05, 0) is 25.0 Å². The largest absolute Gasteiger partial charge is 0.370 e. The molecule has 0 atom stereocenters. The summed E-state index contributed by atoms with van der Waals surface area (Å²) in [5.74, 6) is 0.915. The van der Waals surface area contributed by atoms with Crippen molar-refractivity contribution in [2.75, 3.05) is 18.4 Å². The Labute approximate surface area is 83.7 Å². The first-order chi connectivity index (χ1) is 6.84. The molecule has 2 N–H and O–H groups in total. The number of pyridine rings is 1. The number of aryl methyl sites for hydroxylation is 1. The predicted octanol–water partition coefficient (Wildman–Crippen LogP) is 0.938. The van der Waals surface area contributed by atoms with Gasteiger partial charge in [0.15, 0.2) is 0 Å². The summed E-state index contributed by atoms with van der Waals surface area (Å²) in [6.45, 7) is 3.53. The first kappa shape index (κ1) is 10.5. The number of amides is 1. The van der Waals surface area contributed by atoms with Crippen LogP contribution in [0.5, 0.6) is 0 Å². The molecule has 0 saturated carbocycles. The van der Waals surface area contributed by atoms with Crippen LogP contribution in [0, 0.1) is 6.92 Å². The lowest BCUT2D eigenvalue weighted by Crippen LogP contribution is -2.16. The van der Waals surface area contributed by atoms with Crippen molar-refractivity contribution in [1.29, 1.82) is 0 Å². The second-order valence-electron chi connectivity index (χ2n) is 3.02. The molecule has 0 aromatic carbocycles. The Morgan fingerprint density at radius 1 is 1.50 bits per heavy atom. The van der Waals surface area contributed by atoms with E-state index in [2.05, 4.69) is 15.6 Å². The summed E-state index contributed by atoms with van der Waals surface area (Å²) in [7, 11) is 0. The zero-order chi connectivity index (χ0) is 10.2. The fraction of sp³-hybridized carbons (Fsp3) is 0.400. The molecule has 1 aromatic rings. The molecule has 0 unspecified atom stereocenters. The number of rotatable bonds is 6. The van der Waals surface area contributed by atoms with Crippen LogP contribution in [0.3, 0.4) is 0 Å². The molecule has 0 saturated heterocycles. The van der Waals surface area contributed by atoms with Crippen molar-refractivity contribution in [3.05, 3.63) is 23.9 Å². The van der Waals surface area contributed by atoms with Crippen molar-refractivity contribution in [3.63, 3.8) is 0 Å². The molecule has 0 aliphatic rings. The van der Waals surface area contributed by atoms with Crippen LogP contribution < -0.4 is 10.6 Å². The molecule has 0 bridgehead atoms. The number of aromatic nitrogens is 1. The second kappa shape index (κ2) is 5.96. The third-order valence-electron chi connectivity index (χ3n) is 1.88. The van der Waals surface area contributed by atoms with Gasteiger partial charge in [-0.25, -0.2) is 4.98 Å². The molecule has 1 aromatic heterocycles. The minimum absolute atomic E-state index is 0.697. The topological polar surface area (TPSA) is 54.0 Å². The monoisotopic (exact) mass is 193 g/mol. The Morgan fingerprint density at radius 3 is 3.07 bits per heavy atom. The van der Waals surface area contributed by atoms with Gasteiger partial charge >= 0.3 is 0 Å². The van der Waals surface area contributed by atoms with Gasteiger partial charge in [-0.3, -0.25) is 4.79 Å². The molecular formula is C10H15N3O. The van der Waals surface area contributed by atoms with Crippen molar-refractivity contribution in [2.24, 2.45) is 0 Å². The van der Waals surface area contributed by atoms with Crippen molar-refractivity contribution in [3.8, 4) is 0 Å². The summed E-state index contributed by atoms with van der Waals surface area (Å²) in [5, 5.41) is 5.81. The first-order valence-corrected chi connectivity index (χ1v) is 4.67. The van der Waals surface area contributed by atoms with E-state index in [9.17, 15) is 4.79 Å². The third-order valence-corrected chi connectivity index (χ3v) is 1.88. The van der Waals surface area contributed by atoms with Crippen LogP contribution in [0.15, 0.2) is 18.3 Å². The maximum Gasteiger partial charge on any atom is 0.207 e. The average Bonchev–Trinajstić information content (AvgIpc) is 2.20. The molecule has 1 heterocycles. The summed E-state index contributed by atoms with van der Waals surface area (Å²) >= 11 is 0. The van der Waals surface area contributed by atoms with Crippen LogP contribution in [0.25, 0.3) is 0 Å². The van der Waals surface area contributed by atoms with Gasteiger partial charge in [0.05, 0.1) is 0 Å². The molecule has 0 fully saturated rings. The summed E-state index contributed by atoms with van der Waals surface area (Å²) < 4.78 is 0. The van der Waals surface area contributed by atoms with Gasteiger partial charge in [0.2, 0.25) is 6.41 Å². The number of carbonyl (C=O) groups is 1. The number of hydrogen-bond donors (Lipinski definition) is 2. The summed E-state index contributed by atoms with van der Waals surface area (Å²) in [6, 6.07) is 3.92. The Hall–Kier alpha value is -1.58. The normalized spacial score (nSPS) is 9.50. The van der Waals surface area contributed by atoms with Gasteiger partial charge in [-0.15, -0.1) is 0 Å². The van der Waals surface area contributed by atoms with Crippen molar-refractivity contribution in [1.82, 2.24) is 10.3 Å². The number of carbonyl (C=O) groups excluding carboxylic acids is 1. The molecule has 4 nitrogen and oxygen atoms in total. The fourth-order valence-electron chi connectivity index (χ4n) is 1.13. The van der Waals surface area contributed by atoms with Crippen LogP contribution in [0.2, 0.25) is 0 Å². The van der Waals surface area contributed by atoms with Crippen LogP contribution >= 0.6 is 0 Å². The first-order valence-electron chi connectivity index (χ1n) is 4.67. The third kappa shape index (κ3) is 3.43. The minimum atomic E-state index is 0.697. The summed E-state index contributed by atoms with van der Waals surface area (Å²) in [5.41, 5.74) is 1.14. The standard InChI is InChI=1S/C10H15N3O/c1-9-4-2-6-12-10(9)13-7-3-5-11-8-14/h2,4,6,8H,3,5,7H2,1H3,(H,11,14)(H,12,13). The van der Waals surface area contributed by atoms with E-state index in [1.807, 2.05) is 19.1 Å². The lowest BCUT2D eigenvalue weighted by atomic mass is 10.3. The number of anilines is 1. The Bertz CT molecular complexity index is 288. The van der Waals surface area contributed by atoms with E-state index in [1.165, 1.54) is 0 Å². The van der Waals surface area contributed by atoms with Gasteiger partial charge in [0.25, 0.3) is 0 Å². The van der Waals surface area contributed by atoms with Crippen molar-refractivity contribution < 1.29 is 4.79 Å². The quantitative estimate of drug-likeness (QED) is 0.522. The predicted molar refractivity (Wildman–Crippen MR) is 56.1 cm³/mol. The Kier molecular flexibility index (Phi) is 4.47. The molecule has 4 heteroatoms. The molecule has 76 valence electrons. The highest BCUT2D eigenvalue weighted by molar-refractivity contribution is 5.45. The van der Waals surface area contributed by atoms with Gasteiger partial charge in [0, 0.05) is 19.3 Å². The molecule has 0 radical (unpaired) electrons. The highest BCUT2D eigenvalue weighted by Gasteiger charge is 1.95. The van der Waals surface area contributed by atoms with Gasteiger partial charge in [0.1, 0.15) is 5.82 Å². The molecule has 14 heavy (non-hydrogen) atoms. The molecule has 0 spiro atoms. The Balaban J connectivity index is 2.24. The maximum atomic E-state index is 9.95. The average molecular weight is 193 g/mol. The van der Waals surface area contributed by atoms with E-state index < -0.39 is 0 Å². The highest BCUT2D eigenvalue weighted by Crippen LogP contribution is 2.08. The maximum absolute atomic E-state index is 9.95. The zero-order valence-electron chi connectivity index (χ0n) is 8.29. The van der Waals surface area contributed by atoms with E-state index in [4.69, 9.17) is 0 Å². The van der Waals surface area contributed by atoms with Crippen molar-refractivity contribution in [2.45, 2.75) is 13.3 Å². The molecular weight excluding hydrogens is 178 g/mol. The van der Waals surface area contributed by atoms with E-state index in [0.717, 1.165) is 24.3 Å². The van der Waals surface area contributed by atoms with E-state index in [0.29, 0.717) is 13.0 Å². The van der Waals surface area contributed by atoms with Gasteiger partial charge < -0.3 is 10.6 Å². The molecule has 0 aliphatic heterocycles. The SMILES string of the molecule is Cc1cccnc1NCCCNC=O. The van der Waals surface area contributed by atoms with Gasteiger partial charge in [-0.2, -0.15) is 0 Å². The van der Waals surface area contributed by atoms with E-state index in [1.54, 1.807) is 6.20 Å². The summed E-state index contributed by atoms with van der Waals surface area (Å²) in [4.78, 5) is 14.1.